The quantitative estimate of drug-likeness (QED) is 0.889. The van der Waals surface area contributed by atoms with E-state index in [2.05, 4.69) is 10.3 Å². The van der Waals surface area contributed by atoms with Gasteiger partial charge in [0, 0.05) is 11.4 Å². The lowest BCUT2D eigenvalue weighted by atomic mass is 9.86. The third-order valence-corrected chi connectivity index (χ3v) is 6.10. The molecule has 5 heteroatoms. The molecule has 110 valence electrons. The summed E-state index contributed by atoms with van der Waals surface area (Å²) in [6, 6.07) is 5.60. The van der Waals surface area contributed by atoms with E-state index in [1.54, 1.807) is 0 Å². The molecule has 1 aromatic carbocycles. The monoisotopic (exact) mass is 320 g/mol. The number of carbonyl (C=O) groups excluding carboxylic acids is 1. The first-order chi connectivity index (χ1) is 10.2. The Kier molecular flexibility index (Phi) is 3.38. The predicted molar refractivity (Wildman–Crippen MR) is 86.8 cm³/mol. The molecule has 1 heterocycles. The maximum Gasteiger partial charge on any atom is 0.226 e. The van der Waals surface area contributed by atoms with Crippen LogP contribution in [0, 0.1) is 17.8 Å². The average Bonchev–Trinajstić information content (AvgIpc) is 3.12. The summed E-state index contributed by atoms with van der Waals surface area (Å²) in [5, 5.41) is 4.34. The Labute approximate surface area is 132 Å². The lowest BCUT2D eigenvalue weighted by Crippen LogP contribution is -2.20. The van der Waals surface area contributed by atoms with Crippen molar-refractivity contribution >= 4 is 44.2 Å². The molecule has 2 saturated carbocycles. The standard InChI is InChI=1S/C16H17ClN2OS/c17-12-3-4-13-14(8-12)21-16(18-13)19-15(20)7-11-6-9-1-2-10(11)5-9/h3-4,8-11H,1-2,5-7H2,(H,18,19,20)/t9-,10-,11+/m1/s1. The number of aromatic nitrogens is 1. The summed E-state index contributed by atoms with van der Waals surface area (Å²) in [6.07, 6.45) is 5.94. The lowest BCUT2D eigenvalue weighted by Gasteiger charge is -2.20. The number of anilines is 1. The molecule has 2 bridgehead atoms. The molecule has 0 saturated heterocycles. The first-order valence-corrected chi connectivity index (χ1v) is 8.73. The minimum absolute atomic E-state index is 0.109. The van der Waals surface area contributed by atoms with Crippen LogP contribution >= 0.6 is 22.9 Å². The van der Waals surface area contributed by atoms with Crippen LogP contribution in [0.4, 0.5) is 5.13 Å². The van der Waals surface area contributed by atoms with Gasteiger partial charge in [-0.3, -0.25) is 4.79 Å². The molecule has 2 fully saturated rings. The number of hydrogen-bond acceptors (Lipinski definition) is 3. The van der Waals surface area contributed by atoms with E-state index in [0.717, 1.165) is 22.1 Å². The maximum atomic E-state index is 12.2. The second-order valence-corrected chi connectivity index (χ2v) is 7.79. The van der Waals surface area contributed by atoms with Crippen LogP contribution in [0.15, 0.2) is 18.2 Å². The van der Waals surface area contributed by atoms with Crippen molar-refractivity contribution in [2.75, 3.05) is 5.32 Å². The first-order valence-electron chi connectivity index (χ1n) is 7.53. The molecular formula is C16H17ClN2OS. The first kappa shape index (κ1) is 13.5. The molecule has 2 aliphatic rings. The summed E-state index contributed by atoms with van der Waals surface area (Å²) in [4.78, 5) is 16.7. The molecule has 1 aromatic heterocycles. The topological polar surface area (TPSA) is 42.0 Å². The van der Waals surface area contributed by atoms with Gasteiger partial charge in [0.25, 0.3) is 0 Å². The van der Waals surface area contributed by atoms with E-state index in [-0.39, 0.29) is 5.91 Å². The zero-order valence-electron chi connectivity index (χ0n) is 11.6. The SMILES string of the molecule is O=C(C[C@@H]1C[C@@H]2CC[C@@H]1C2)Nc1nc2ccc(Cl)cc2s1. The highest BCUT2D eigenvalue weighted by Gasteiger charge is 2.40. The van der Waals surface area contributed by atoms with E-state index < -0.39 is 0 Å². The Hall–Kier alpha value is -1.13. The molecule has 3 nitrogen and oxygen atoms in total. The van der Waals surface area contributed by atoms with Gasteiger partial charge in [0.2, 0.25) is 5.91 Å². The van der Waals surface area contributed by atoms with Crippen molar-refractivity contribution in [1.29, 1.82) is 0 Å². The summed E-state index contributed by atoms with van der Waals surface area (Å²) in [7, 11) is 0. The molecule has 1 N–H and O–H groups in total. The largest absolute Gasteiger partial charge is 0.302 e. The zero-order chi connectivity index (χ0) is 14.4. The Morgan fingerprint density at radius 3 is 3.05 bits per heavy atom. The molecule has 0 spiro atoms. The summed E-state index contributed by atoms with van der Waals surface area (Å²) in [5.74, 6) is 2.37. The molecule has 4 rings (SSSR count). The summed E-state index contributed by atoms with van der Waals surface area (Å²) in [6.45, 7) is 0. The van der Waals surface area contributed by atoms with E-state index in [1.807, 2.05) is 18.2 Å². The van der Waals surface area contributed by atoms with Crippen LogP contribution in [0.1, 0.15) is 32.1 Å². The van der Waals surface area contributed by atoms with Gasteiger partial charge >= 0.3 is 0 Å². The highest BCUT2D eigenvalue weighted by Crippen LogP contribution is 2.49. The van der Waals surface area contributed by atoms with Gasteiger partial charge in [0.15, 0.2) is 5.13 Å². The molecule has 0 unspecified atom stereocenters. The molecule has 2 aromatic rings. The summed E-state index contributed by atoms with van der Waals surface area (Å²) >= 11 is 7.46. The number of carbonyl (C=O) groups is 1. The van der Waals surface area contributed by atoms with Gasteiger partial charge in [-0.2, -0.15) is 0 Å². The number of fused-ring (bicyclic) bond motifs is 3. The lowest BCUT2D eigenvalue weighted by molar-refractivity contribution is -0.117. The van der Waals surface area contributed by atoms with E-state index in [1.165, 1.54) is 37.0 Å². The van der Waals surface area contributed by atoms with E-state index >= 15 is 0 Å². The van der Waals surface area contributed by atoms with Gasteiger partial charge in [0.05, 0.1) is 10.2 Å². The smallest absolute Gasteiger partial charge is 0.226 e. The number of hydrogen-bond donors (Lipinski definition) is 1. The second kappa shape index (κ2) is 5.25. The second-order valence-electron chi connectivity index (χ2n) is 6.32. The van der Waals surface area contributed by atoms with E-state index in [0.29, 0.717) is 22.5 Å². The Balaban J connectivity index is 1.43. The van der Waals surface area contributed by atoms with Crippen LogP contribution in [-0.2, 0) is 4.79 Å². The number of thiazole rings is 1. The van der Waals surface area contributed by atoms with Gasteiger partial charge in [-0.1, -0.05) is 29.4 Å². The van der Waals surface area contributed by atoms with Crippen molar-refractivity contribution < 1.29 is 4.79 Å². The molecule has 1 amide bonds. The molecule has 21 heavy (non-hydrogen) atoms. The predicted octanol–water partition coefficient (Wildman–Crippen LogP) is 4.71. The minimum Gasteiger partial charge on any atom is -0.302 e. The average molecular weight is 321 g/mol. The number of rotatable bonds is 3. The van der Waals surface area contributed by atoms with Crippen molar-refractivity contribution in [2.24, 2.45) is 17.8 Å². The van der Waals surface area contributed by atoms with Crippen LogP contribution in [0.2, 0.25) is 5.02 Å². The highest BCUT2D eigenvalue weighted by atomic mass is 35.5. The summed E-state index contributed by atoms with van der Waals surface area (Å²) in [5.41, 5.74) is 0.889. The number of amides is 1. The van der Waals surface area contributed by atoms with Crippen molar-refractivity contribution in [2.45, 2.75) is 32.1 Å². The fraction of sp³-hybridized carbons (Fsp3) is 0.500. The zero-order valence-corrected chi connectivity index (χ0v) is 13.2. The van der Waals surface area contributed by atoms with Gasteiger partial charge in [-0.05, 0) is 55.2 Å². The minimum atomic E-state index is 0.109. The van der Waals surface area contributed by atoms with Gasteiger partial charge in [-0.15, -0.1) is 0 Å². The fourth-order valence-electron chi connectivity index (χ4n) is 3.99. The van der Waals surface area contributed by atoms with Gasteiger partial charge < -0.3 is 5.32 Å². The number of halogens is 1. The molecule has 2 aliphatic carbocycles. The molecular weight excluding hydrogens is 304 g/mol. The van der Waals surface area contributed by atoms with Gasteiger partial charge in [0.1, 0.15) is 0 Å². The van der Waals surface area contributed by atoms with Crippen molar-refractivity contribution in [1.82, 2.24) is 4.98 Å². The molecule has 0 radical (unpaired) electrons. The van der Waals surface area contributed by atoms with Crippen molar-refractivity contribution in [3.8, 4) is 0 Å². The Morgan fingerprint density at radius 1 is 1.38 bits per heavy atom. The van der Waals surface area contributed by atoms with Crippen molar-refractivity contribution in [3.05, 3.63) is 23.2 Å². The van der Waals surface area contributed by atoms with Crippen LogP contribution in [0.25, 0.3) is 10.2 Å². The Bertz CT molecular complexity index is 699. The van der Waals surface area contributed by atoms with Crippen LogP contribution in [0.3, 0.4) is 0 Å². The van der Waals surface area contributed by atoms with E-state index in [4.69, 9.17) is 11.6 Å². The van der Waals surface area contributed by atoms with Crippen LogP contribution in [-0.4, -0.2) is 10.9 Å². The number of benzene rings is 1. The summed E-state index contributed by atoms with van der Waals surface area (Å²) < 4.78 is 1.01. The Morgan fingerprint density at radius 2 is 2.29 bits per heavy atom. The van der Waals surface area contributed by atoms with Crippen LogP contribution in [0.5, 0.6) is 0 Å². The normalized spacial score (nSPS) is 27.4. The number of nitrogens with zero attached hydrogens (tertiary/aromatic N) is 1. The third-order valence-electron chi connectivity index (χ3n) is 4.93. The third kappa shape index (κ3) is 2.67. The highest BCUT2D eigenvalue weighted by molar-refractivity contribution is 7.22. The van der Waals surface area contributed by atoms with Crippen molar-refractivity contribution in [3.63, 3.8) is 0 Å². The fourth-order valence-corrected chi connectivity index (χ4v) is 5.14. The van der Waals surface area contributed by atoms with Crippen LogP contribution < -0.4 is 5.32 Å². The molecule has 3 atom stereocenters. The maximum absolute atomic E-state index is 12.2. The number of nitrogens with one attached hydrogen (secondary N) is 1. The molecule has 0 aliphatic heterocycles. The van der Waals surface area contributed by atoms with Gasteiger partial charge in [-0.25, -0.2) is 4.98 Å². The van der Waals surface area contributed by atoms with E-state index in [9.17, 15) is 4.79 Å².